The molecule has 1 heterocycles. The summed E-state index contributed by atoms with van der Waals surface area (Å²) in [4.78, 5) is 22.0. The summed E-state index contributed by atoms with van der Waals surface area (Å²) in [6, 6.07) is -0.705. The highest BCUT2D eigenvalue weighted by Crippen LogP contribution is 2.30. The molecular weight excluding hydrogens is 226 g/mol. The Balaban J connectivity index is 0.00000121. The van der Waals surface area contributed by atoms with Crippen LogP contribution in [0, 0.1) is 0 Å². The molecule has 0 atom stereocenters. The van der Waals surface area contributed by atoms with Crippen LogP contribution < -0.4 is 0 Å². The summed E-state index contributed by atoms with van der Waals surface area (Å²) in [5.74, 6) is -0.515. The Kier molecular flexibility index (Phi) is 3.23. The average Bonchev–Trinajstić information content (AvgIpc) is 2.06. The van der Waals surface area contributed by atoms with Gasteiger partial charge in [0.25, 0.3) is 5.91 Å². The van der Waals surface area contributed by atoms with E-state index in [4.69, 9.17) is 23.6 Å². The lowest BCUT2D eigenvalue weighted by Crippen LogP contribution is -2.38. The lowest BCUT2D eigenvalue weighted by atomic mass is 10.1. The minimum absolute atomic E-state index is 0. The van der Waals surface area contributed by atoms with Gasteiger partial charge in [-0.15, -0.1) is 12.4 Å². The summed E-state index contributed by atoms with van der Waals surface area (Å²) < 4.78 is 1.26. The van der Waals surface area contributed by atoms with Gasteiger partial charge in [0.05, 0.1) is 0 Å². The fourth-order valence-electron chi connectivity index (χ4n) is 0.727. The molecule has 0 radical (unpaired) electrons. The Morgan fingerprint density at radius 1 is 1.25 bits per heavy atom. The van der Waals surface area contributed by atoms with Gasteiger partial charge in [-0.2, -0.15) is 4.42 Å². The molecule has 0 aromatic carbocycles. The molecule has 1 aliphatic rings. The van der Waals surface area contributed by atoms with Crippen molar-refractivity contribution in [2.75, 3.05) is 0 Å². The molecule has 0 unspecified atom stereocenters. The molecule has 0 spiro atoms. The van der Waals surface area contributed by atoms with Crippen LogP contribution in [-0.4, -0.2) is 26.3 Å². The smallest absolute Gasteiger partial charge is 0.270 e. The molecule has 0 aromatic heterocycles. The number of amides is 3. The summed E-state index contributed by atoms with van der Waals surface area (Å²) in [5, 5.41) is 0. The van der Waals surface area contributed by atoms with E-state index in [0.29, 0.717) is 4.42 Å². The van der Waals surface area contributed by atoms with E-state index < -0.39 is 17.5 Å². The molecule has 0 N–H and O–H groups in total. The van der Waals surface area contributed by atoms with Crippen molar-refractivity contribution in [2.45, 2.75) is 19.4 Å². The number of hydrogen-bond donors (Lipinski definition) is 0. The van der Waals surface area contributed by atoms with Gasteiger partial charge in [-0.3, -0.25) is 4.79 Å². The topological polar surface area (TPSA) is 40.6 Å². The molecule has 0 saturated carbocycles. The lowest BCUT2D eigenvalue weighted by Gasteiger charge is -2.18. The average molecular weight is 233 g/mol. The van der Waals surface area contributed by atoms with Crippen LogP contribution in [-0.2, 0) is 4.79 Å². The largest absolute Gasteiger partial charge is 0.357 e. The fraction of sp³-hybridized carbons (Fsp3) is 0.600. The first-order valence-electron chi connectivity index (χ1n) is 2.89. The van der Waals surface area contributed by atoms with Crippen molar-refractivity contribution >= 4 is 47.9 Å². The predicted molar refractivity (Wildman–Crippen MR) is 47.1 cm³/mol. The van der Waals surface area contributed by atoms with Gasteiger partial charge in [0.2, 0.25) is 0 Å². The Morgan fingerprint density at radius 2 is 1.67 bits per heavy atom. The predicted octanol–water partition coefficient (Wildman–Crippen LogP) is 1.76. The summed E-state index contributed by atoms with van der Waals surface area (Å²) in [6.07, 6.45) is 0. The van der Waals surface area contributed by atoms with Gasteiger partial charge < -0.3 is 0 Å². The molecule has 0 aromatic rings. The van der Waals surface area contributed by atoms with Crippen LogP contribution >= 0.6 is 36.0 Å². The third-order valence-electron chi connectivity index (χ3n) is 1.53. The zero-order chi connectivity index (χ0) is 8.81. The van der Waals surface area contributed by atoms with Gasteiger partial charge in [-0.1, -0.05) is 0 Å². The number of carbonyl (C=O) groups is 2. The molecule has 1 rings (SSSR count). The summed E-state index contributed by atoms with van der Waals surface area (Å²) in [5.41, 5.74) is -1.04. The zero-order valence-corrected chi connectivity index (χ0v) is 8.70. The van der Waals surface area contributed by atoms with E-state index in [9.17, 15) is 9.59 Å². The maximum absolute atomic E-state index is 11.1. The van der Waals surface area contributed by atoms with Crippen LogP contribution in [0.15, 0.2) is 0 Å². The molecule has 1 saturated heterocycles. The van der Waals surface area contributed by atoms with E-state index in [-0.39, 0.29) is 12.4 Å². The number of rotatable bonds is 0. The molecule has 1 fully saturated rings. The maximum Gasteiger partial charge on any atom is 0.357 e. The number of urea groups is 1. The highest BCUT2D eigenvalue weighted by Gasteiger charge is 2.50. The van der Waals surface area contributed by atoms with E-state index in [1.165, 1.54) is 13.8 Å². The minimum atomic E-state index is -1.04. The summed E-state index contributed by atoms with van der Waals surface area (Å²) in [6.45, 7) is 3.03. The molecule has 1 aliphatic heterocycles. The van der Waals surface area contributed by atoms with Gasteiger partial charge in [-0.25, -0.2) is 9.21 Å². The van der Waals surface area contributed by atoms with Gasteiger partial charge in [-0.05, 0) is 13.8 Å². The number of nitrogens with zero attached hydrogens (tertiary/aromatic N) is 2. The standard InChI is InChI=1S/C5H6Cl2N2O2.ClH/c1-5(2)3(10)8(6)4(11)9(5)7;/h1-2H3;1H. The van der Waals surface area contributed by atoms with Crippen molar-refractivity contribution in [1.82, 2.24) is 8.84 Å². The monoisotopic (exact) mass is 232 g/mol. The number of carbonyl (C=O) groups excluding carboxylic acids is 2. The van der Waals surface area contributed by atoms with E-state index in [1.807, 2.05) is 0 Å². The van der Waals surface area contributed by atoms with Gasteiger partial charge in [0.1, 0.15) is 5.54 Å². The maximum atomic E-state index is 11.1. The Bertz CT molecular complexity index is 231. The van der Waals surface area contributed by atoms with Crippen LogP contribution in [0.2, 0.25) is 0 Å². The second-order valence-corrected chi connectivity index (χ2v) is 3.38. The molecule has 70 valence electrons. The second kappa shape index (κ2) is 3.28. The Hall–Kier alpha value is -0.190. The van der Waals surface area contributed by atoms with Crippen molar-refractivity contribution in [3.8, 4) is 0 Å². The van der Waals surface area contributed by atoms with Crippen LogP contribution in [0.3, 0.4) is 0 Å². The van der Waals surface area contributed by atoms with Gasteiger partial charge in [0, 0.05) is 23.6 Å². The second-order valence-electron chi connectivity index (χ2n) is 2.71. The molecular formula is C5H7Cl3N2O2. The first-order chi connectivity index (χ1) is 4.89. The van der Waals surface area contributed by atoms with Crippen LogP contribution in [0.5, 0.6) is 0 Å². The normalized spacial score (nSPS) is 21.3. The summed E-state index contributed by atoms with van der Waals surface area (Å²) in [7, 11) is 0. The van der Waals surface area contributed by atoms with Crippen molar-refractivity contribution < 1.29 is 9.59 Å². The van der Waals surface area contributed by atoms with E-state index in [1.54, 1.807) is 0 Å². The van der Waals surface area contributed by atoms with Crippen molar-refractivity contribution in [2.24, 2.45) is 0 Å². The van der Waals surface area contributed by atoms with E-state index in [0.717, 1.165) is 4.42 Å². The molecule has 0 bridgehead atoms. The van der Waals surface area contributed by atoms with E-state index >= 15 is 0 Å². The SMILES string of the molecule is CC1(C)C(=O)N(Cl)C(=O)N1Cl.Cl. The first-order valence-corrected chi connectivity index (χ1v) is 3.57. The number of halogens is 3. The quantitative estimate of drug-likeness (QED) is 0.472. The Labute approximate surface area is 86.0 Å². The van der Waals surface area contributed by atoms with Crippen LogP contribution in [0.4, 0.5) is 4.79 Å². The zero-order valence-electron chi connectivity index (χ0n) is 6.38. The van der Waals surface area contributed by atoms with Crippen LogP contribution in [0.25, 0.3) is 0 Å². The lowest BCUT2D eigenvalue weighted by molar-refractivity contribution is -0.127. The van der Waals surface area contributed by atoms with Crippen molar-refractivity contribution in [1.29, 1.82) is 0 Å². The molecule has 4 nitrogen and oxygen atoms in total. The highest BCUT2D eigenvalue weighted by atomic mass is 35.5. The molecule has 0 aliphatic carbocycles. The first kappa shape index (κ1) is 11.8. The fourth-order valence-corrected chi connectivity index (χ4v) is 1.20. The highest BCUT2D eigenvalue weighted by molar-refractivity contribution is 6.38. The van der Waals surface area contributed by atoms with Crippen LogP contribution in [0.1, 0.15) is 13.8 Å². The van der Waals surface area contributed by atoms with Gasteiger partial charge in [0.15, 0.2) is 0 Å². The third-order valence-corrected chi connectivity index (χ3v) is 2.39. The minimum Gasteiger partial charge on any atom is -0.270 e. The number of hydrogen-bond acceptors (Lipinski definition) is 2. The number of imide groups is 1. The summed E-state index contributed by atoms with van der Waals surface area (Å²) >= 11 is 10.8. The molecule has 12 heavy (non-hydrogen) atoms. The molecule has 7 heteroatoms. The van der Waals surface area contributed by atoms with Crippen molar-refractivity contribution in [3.05, 3.63) is 0 Å². The molecule has 3 amide bonds. The Morgan fingerprint density at radius 3 is 1.75 bits per heavy atom. The van der Waals surface area contributed by atoms with E-state index in [2.05, 4.69) is 0 Å². The van der Waals surface area contributed by atoms with Gasteiger partial charge >= 0.3 is 6.03 Å². The van der Waals surface area contributed by atoms with Crippen molar-refractivity contribution in [3.63, 3.8) is 0 Å². The third kappa shape index (κ3) is 1.34.